The smallest absolute Gasteiger partial charge is 0.351 e. The number of nitrogens with zero attached hydrogens (tertiary/aromatic N) is 1. The molecule has 0 saturated carbocycles. The molecule has 0 atom stereocenters. The summed E-state index contributed by atoms with van der Waals surface area (Å²) in [6, 6.07) is 13.2. The molecule has 6 nitrogen and oxygen atoms in total. The second-order valence-electron chi connectivity index (χ2n) is 7.93. The standard InChI is InChI=1S/C23H26F3N5O/c1-15(16-8-6-5-7-9-16)14-19(31-27)28-21(30-22(2,3)4)29-20(32)17-10-12-18(13-11-17)23(24,25)26/h5-14,31H,1,27H2,2-4H3,(H2,28,29,30,32)/b19-14-. The number of rotatable bonds is 5. The third-order valence-corrected chi connectivity index (χ3v) is 4.04. The number of amides is 1. The van der Waals surface area contributed by atoms with Crippen molar-refractivity contribution in [3.8, 4) is 0 Å². The van der Waals surface area contributed by atoms with Crippen LogP contribution < -0.4 is 21.9 Å². The van der Waals surface area contributed by atoms with E-state index >= 15 is 0 Å². The zero-order chi connectivity index (χ0) is 23.9. The van der Waals surface area contributed by atoms with E-state index in [0.717, 1.165) is 29.8 Å². The van der Waals surface area contributed by atoms with E-state index in [2.05, 4.69) is 27.6 Å². The van der Waals surface area contributed by atoms with E-state index in [4.69, 9.17) is 5.84 Å². The number of alkyl halides is 3. The van der Waals surface area contributed by atoms with Crippen molar-refractivity contribution in [1.82, 2.24) is 16.1 Å². The van der Waals surface area contributed by atoms with Gasteiger partial charge in [-0.15, -0.1) is 0 Å². The van der Waals surface area contributed by atoms with Gasteiger partial charge in [-0.25, -0.2) is 5.84 Å². The van der Waals surface area contributed by atoms with Crippen molar-refractivity contribution in [3.63, 3.8) is 0 Å². The summed E-state index contributed by atoms with van der Waals surface area (Å²) in [5, 5.41) is 5.94. The molecule has 0 aliphatic rings. The molecule has 0 fully saturated rings. The number of carbonyl (C=O) groups is 1. The molecule has 1 amide bonds. The Morgan fingerprint density at radius 3 is 2.09 bits per heavy atom. The van der Waals surface area contributed by atoms with E-state index in [9.17, 15) is 18.0 Å². The van der Waals surface area contributed by atoms with E-state index in [1.807, 2.05) is 51.1 Å². The first-order chi connectivity index (χ1) is 14.9. The Morgan fingerprint density at radius 1 is 1.00 bits per heavy atom. The van der Waals surface area contributed by atoms with Crippen LogP contribution in [0.1, 0.15) is 42.3 Å². The van der Waals surface area contributed by atoms with Gasteiger partial charge in [0.1, 0.15) is 5.82 Å². The predicted molar refractivity (Wildman–Crippen MR) is 120 cm³/mol. The lowest BCUT2D eigenvalue weighted by Crippen LogP contribution is -2.49. The Hall–Kier alpha value is -3.59. The number of nitrogens with two attached hydrogens (primary N) is 1. The Bertz CT molecular complexity index is 1000. The molecule has 0 saturated heterocycles. The zero-order valence-corrected chi connectivity index (χ0v) is 18.0. The van der Waals surface area contributed by atoms with Gasteiger partial charge in [-0.1, -0.05) is 36.9 Å². The molecule has 2 rings (SSSR count). The molecule has 2 aromatic rings. The fraction of sp³-hybridized carbons (Fsp3) is 0.217. The highest BCUT2D eigenvalue weighted by Crippen LogP contribution is 2.29. The van der Waals surface area contributed by atoms with E-state index in [1.54, 1.807) is 6.08 Å². The van der Waals surface area contributed by atoms with Gasteiger partial charge < -0.3 is 16.1 Å². The van der Waals surface area contributed by atoms with Gasteiger partial charge in [0.25, 0.3) is 5.91 Å². The summed E-state index contributed by atoms with van der Waals surface area (Å²) < 4.78 is 38.3. The minimum atomic E-state index is -4.49. The van der Waals surface area contributed by atoms with Crippen LogP contribution in [0.15, 0.2) is 78.1 Å². The molecule has 2 aromatic carbocycles. The van der Waals surface area contributed by atoms with Crippen LogP contribution in [0.4, 0.5) is 13.2 Å². The van der Waals surface area contributed by atoms with Crippen LogP contribution in [0, 0.1) is 0 Å². The molecule has 0 aliphatic heterocycles. The quantitative estimate of drug-likeness (QED) is 0.182. The molecule has 0 unspecified atom stereocenters. The zero-order valence-electron chi connectivity index (χ0n) is 18.0. The Kier molecular flexibility index (Phi) is 7.82. The Balaban J connectivity index is 2.29. The van der Waals surface area contributed by atoms with E-state index < -0.39 is 23.2 Å². The molecule has 0 spiro atoms. The van der Waals surface area contributed by atoms with Gasteiger partial charge in [-0.3, -0.25) is 4.79 Å². The van der Waals surface area contributed by atoms with Gasteiger partial charge in [-0.2, -0.15) is 18.2 Å². The van der Waals surface area contributed by atoms with Crippen molar-refractivity contribution in [2.45, 2.75) is 32.5 Å². The highest BCUT2D eigenvalue weighted by Gasteiger charge is 2.30. The van der Waals surface area contributed by atoms with E-state index in [-0.39, 0.29) is 11.5 Å². The molecule has 0 heterocycles. The lowest BCUT2D eigenvalue weighted by molar-refractivity contribution is -0.137. The maximum Gasteiger partial charge on any atom is 0.416 e. The van der Waals surface area contributed by atoms with Gasteiger partial charge >= 0.3 is 6.18 Å². The van der Waals surface area contributed by atoms with Crippen molar-refractivity contribution in [2.75, 3.05) is 0 Å². The summed E-state index contributed by atoms with van der Waals surface area (Å²) >= 11 is 0. The van der Waals surface area contributed by atoms with Crippen molar-refractivity contribution >= 4 is 17.4 Å². The minimum Gasteiger partial charge on any atom is -0.351 e. The topological polar surface area (TPSA) is 91.5 Å². The number of halogens is 3. The fourth-order valence-corrected chi connectivity index (χ4v) is 2.56. The molecular formula is C23H26F3N5O. The number of carbonyl (C=O) groups excluding carboxylic acids is 1. The minimum absolute atomic E-state index is 0.00735. The summed E-state index contributed by atoms with van der Waals surface area (Å²) in [5.41, 5.74) is 2.68. The SMILES string of the molecule is C=C(/C=C(\NN)N/C(=N\C(=O)c1ccc(C(F)(F)F)cc1)NC(C)(C)C)c1ccccc1. The van der Waals surface area contributed by atoms with E-state index in [0.29, 0.717) is 11.4 Å². The number of hydrazine groups is 1. The number of aliphatic imine (C=N–C) groups is 1. The van der Waals surface area contributed by atoms with E-state index in [1.165, 1.54) is 0 Å². The lowest BCUT2D eigenvalue weighted by Gasteiger charge is -2.24. The summed E-state index contributed by atoms with van der Waals surface area (Å²) in [7, 11) is 0. The number of guanidine groups is 1. The van der Waals surface area contributed by atoms with Crippen molar-refractivity contribution in [1.29, 1.82) is 0 Å². The van der Waals surface area contributed by atoms with Crippen LogP contribution >= 0.6 is 0 Å². The number of hydrogen-bond donors (Lipinski definition) is 4. The lowest BCUT2D eigenvalue weighted by atomic mass is 10.1. The number of nitrogens with one attached hydrogen (secondary N) is 3. The maximum absolute atomic E-state index is 12.8. The largest absolute Gasteiger partial charge is 0.416 e. The second kappa shape index (κ2) is 10.1. The molecule has 0 aromatic heterocycles. The highest BCUT2D eigenvalue weighted by atomic mass is 19.4. The molecule has 170 valence electrons. The average molecular weight is 445 g/mol. The van der Waals surface area contributed by atoms with Crippen LogP contribution in [-0.2, 0) is 6.18 Å². The Labute approximate surface area is 185 Å². The number of hydrogen-bond acceptors (Lipinski definition) is 3. The monoisotopic (exact) mass is 445 g/mol. The third kappa shape index (κ3) is 7.59. The fourth-order valence-electron chi connectivity index (χ4n) is 2.56. The van der Waals surface area contributed by atoms with Crippen LogP contribution in [0.2, 0.25) is 0 Å². The summed E-state index contributed by atoms with van der Waals surface area (Å²) in [5.74, 6) is 5.25. The molecule has 32 heavy (non-hydrogen) atoms. The Morgan fingerprint density at radius 2 is 1.59 bits per heavy atom. The van der Waals surface area contributed by atoms with Gasteiger partial charge in [0.15, 0.2) is 0 Å². The van der Waals surface area contributed by atoms with Gasteiger partial charge in [0.05, 0.1) is 5.56 Å². The van der Waals surface area contributed by atoms with Gasteiger partial charge in [-0.05, 0) is 62.2 Å². The van der Waals surface area contributed by atoms with Crippen molar-refractivity contribution < 1.29 is 18.0 Å². The maximum atomic E-state index is 12.8. The highest BCUT2D eigenvalue weighted by molar-refractivity contribution is 6.03. The molecule has 5 N–H and O–H groups in total. The molecule has 9 heteroatoms. The van der Waals surface area contributed by atoms with Crippen LogP contribution in [-0.4, -0.2) is 17.4 Å². The number of allylic oxidation sites excluding steroid dienone is 2. The normalized spacial score (nSPS) is 12.8. The molecular weight excluding hydrogens is 419 g/mol. The predicted octanol–water partition coefficient (Wildman–Crippen LogP) is 4.20. The van der Waals surface area contributed by atoms with Gasteiger partial charge in [0, 0.05) is 11.1 Å². The molecule has 0 radical (unpaired) electrons. The molecule has 0 bridgehead atoms. The first kappa shape index (κ1) is 24.7. The molecule has 0 aliphatic carbocycles. The average Bonchev–Trinajstić information content (AvgIpc) is 2.72. The summed E-state index contributed by atoms with van der Waals surface area (Å²) in [6.45, 7) is 9.57. The van der Waals surface area contributed by atoms with Crippen molar-refractivity contribution in [2.24, 2.45) is 10.8 Å². The third-order valence-electron chi connectivity index (χ3n) is 4.04. The van der Waals surface area contributed by atoms with Gasteiger partial charge in [0.2, 0.25) is 5.96 Å². The second-order valence-corrected chi connectivity index (χ2v) is 7.93. The summed E-state index contributed by atoms with van der Waals surface area (Å²) in [6.07, 6.45) is -2.85. The number of benzene rings is 2. The first-order valence-corrected chi connectivity index (χ1v) is 9.67. The van der Waals surface area contributed by atoms with Crippen molar-refractivity contribution in [3.05, 3.63) is 89.8 Å². The summed E-state index contributed by atoms with van der Waals surface area (Å²) in [4.78, 5) is 16.6. The first-order valence-electron chi connectivity index (χ1n) is 9.67. The van der Waals surface area contributed by atoms with Crippen LogP contribution in [0.3, 0.4) is 0 Å². The van der Waals surface area contributed by atoms with Crippen LogP contribution in [0.25, 0.3) is 5.57 Å². The van der Waals surface area contributed by atoms with Crippen LogP contribution in [0.5, 0.6) is 0 Å².